The maximum Gasteiger partial charge on any atom is 0.244 e. The van der Waals surface area contributed by atoms with Gasteiger partial charge in [-0.15, -0.1) is 0 Å². The molecule has 0 saturated heterocycles. The molecule has 0 aliphatic heterocycles. The van der Waals surface area contributed by atoms with Gasteiger partial charge in [0.1, 0.15) is 6.04 Å². The molecule has 0 saturated carbocycles. The van der Waals surface area contributed by atoms with Gasteiger partial charge in [0.05, 0.1) is 12.0 Å². The fourth-order valence-corrected chi connectivity index (χ4v) is 3.82. The molecule has 2 heterocycles. The minimum atomic E-state index is -0.358. The van der Waals surface area contributed by atoms with Crippen LogP contribution in [0.4, 0.5) is 0 Å². The molecule has 6 nitrogen and oxygen atoms in total. The third-order valence-electron chi connectivity index (χ3n) is 5.45. The minimum Gasteiger partial charge on any atom is -0.350 e. The van der Waals surface area contributed by atoms with E-state index >= 15 is 0 Å². The second-order valence-corrected chi connectivity index (χ2v) is 7.85. The van der Waals surface area contributed by atoms with Crippen molar-refractivity contribution in [2.75, 3.05) is 0 Å². The zero-order chi connectivity index (χ0) is 21.8. The van der Waals surface area contributed by atoms with Gasteiger partial charge < -0.3 is 9.88 Å². The lowest BCUT2D eigenvalue weighted by Crippen LogP contribution is -2.31. The van der Waals surface area contributed by atoms with Crippen LogP contribution in [-0.4, -0.2) is 25.2 Å². The quantitative estimate of drug-likeness (QED) is 0.492. The molecule has 0 bridgehead atoms. The lowest BCUT2D eigenvalue weighted by molar-refractivity contribution is -0.124. The Morgan fingerprint density at radius 3 is 2.55 bits per heavy atom. The lowest BCUT2D eigenvalue weighted by atomic mass is 9.98. The highest BCUT2D eigenvalue weighted by atomic mass is 16.2. The Morgan fingerprint density at radius 2 is 1.87 bits per heavy atom. The molecule has 1 atom stereocenters. The van der Waals surface area contributed by atoms with Crippen molar-refractivity contribution < 1.29 is 4.79 Å². The van der Waals surface area contributed by atoms with Gasteiger partial charge in [-0.3, -0.25) is 9.48 Å². The van der Waals surface area contributed by atoms with Gasteiger partial charge in [-0.1, -0.05) is 48.5 Å². The first-order chi connectivity index (χ1) is 15.0. The number of carbonyl (C=O) groups is 1. The van der Waals surface area contributed by atoms with Gasteiger partial charge >= 0.3 is 0 Å². The summed E-state index contributed by atoms with van der Waals surface area (Å²) in [6.07, 6.45) is 5.56. The number of amides is 1. The smallest absolute Gasteiger partial charge is 0.244 e. The molecule has 6 heteroatoms. The van der Waals surface area contributed by atoms with Gasteiger partial charge in [-0.2, -0.15) is 5.10 Å². The number of hydrogen-bond donors (Lipinski definition) is 1. The summed E-state index contributed by atoms with van der Waals surface area (Å²) in [5, 5.41) is 7.51. The normalized spacial score (nSPS) is 12.0. The number of aromatic nitrogens is 4. The van der Waals surface area contributed by atoms with Crippen LogP contribution in [0, 0.1) is 13.8 Å². The summed E-state index contributed by atoms with van der Waals surface area (Å²) in [6, 6.07) is 18.3. The number of benzene rings is 2. The van der Waals surface area contributed by atoms with E-state index in [1.165, 1.54) is 5.56 Å². The Labute approximate surface area is 182 Å². The van der Waals surface area contributed by atoms with Crippen molar-refractivity contribution >= 4 is 5.91 Å². The van der Waals surface area contributed by atoms with Gasteiger partial charge in [0, 0.05) is 31.2 Å². The second kappa shape index (κ2) is 9.00. The van der Waals surface area contributed by atoms with Crippen LogP contribution >= 0.6 is 0 Å². The molecule has 0 radical (unpaired) electrons. The molecule has 1 amide bonds. The molecular weight excluding hydrogens is 386 g/mol. The first-order valence-electron chi connectivity index (χ1n) is 10.4. The number of aryl methyl sites for hydroxylation is 2. The van der Waals surface area contributed by atoms with E-state index in [0.717, 1.165) is 34.6 Å². The number of rotatable bonds is 7. The first kappa shape index (κ1) is 20.6. The van der Waals surface area contributed by atoms with Crippen LogP contribution in [0.2, 0.25) is 0 Å². The van der Waals surface area contributed by atoms with Crippen molar-refractivity contribution in [2.24, 2.45) is 0 Å². The van der Waals surface area contributed by atoms with E-state index in [2.05, 4.69) is 51.8 Å². The van der Waals surface area contributed by atoms with E-state index in [1.54, 1.807) is 10.9 Å². The summed E-state index contributed by atoms with van der Waals surface area (Å²) in [7, 11) is 0. The number of nitrogens with one attached hydrogen (secondary N) is 1. The summed E-state index contributed by atoms with van der Waals surface area (Å²) in [5.74, 6) is -0.0447. The maximum absolute atomic E-state index is 12.7. The number of hydrogen-bond acceptors (Lipinski definition) is 3. The van der Waals surface area contributed by atoms with Gasteiger partial charge in [0.15, 0.2) is 0 Å². The first-order valence-corrected chi connectivity index (χ1v) is 10.4. The third kappa shape index (κ3) is 4.74. The third-order valence-corrected chi connectivity index (χ3v) is 5.45. The molecular formula is C25H27N5O. The summed E-state index contributed by atoms with van der Waals surface area (Å²) in [5.41, 5.74) is 6.45. The van der Waals surface area contributed by atoms with Crippen LogP contribution in [-0.2, 0) is 17.9 Å². The van der Waals surface area contributed by atoms with Crippen LogP contribution in [0.15, 0.2) is 73.3 Å². The summed E-state index contributed by atoms with van der Waals surface area (Å²) in [6.45, 7) is 7.04. The van der Waals surface area contributed by atoms with Crippen LogP contribution in [0.5, 0.6) is 0 Å². The van der Waals surface area contributed by atoms with Crippen LogP contribution in [0.25, 0.3) is 11.1 Å². The zero-order valence-corrected chi connectivity index (χ0v) is 18.1. The van der Waals surface area contributed by atoms with E-state index in [-0.39, 0.29) is 11.9 Å². The standard InChI is InChI=1S/C25H27N5O/c1-18-14-19(2)30(28-18)20(3)25(31)27-15-23-6-4-5-7-24(23)22-10-8-21(9-11-22)16-29-13-12-26-17-29/h4-14,17,20H,15-16H2,1-3H3,(H,27,31). The van der Waals surface area contributed by atoms with Crippen molar-refractivity contribution in [2.45, 2.75) is 39.9 Å². The van der Waals surface area contributed by atoms with E-state index in [4.69, 9.17) is 0 Å². The molecule has 2 aromatic carbocycles. The molecule has 4 rings (SSSR count). The Kier molecular flexibility index (Phi) is 5.98. The van der Waals surface area contributed by atoms with Crippen molar-refractivity contribution in [3.8, 4) is 11.1 Å². The molecule has 1 N–H and O–H groups in total. The van der Waals surface area contributed by atoms with E-state index < -0.39 is 0 Å². The van der Waals surface area contributed by atoms with Crippen LogP contribution < -0.4 is 5.32 Å². The maximum atomic E-state index is 12.7. The summed E-state index contributed by atoms with van der Waals surface area (Å²) in [4.78, 5) is 16.8. The van der Waals surface area contributed by atoms with Crippen molar-refractivity contribution in [1.29, 1.82) is 0 Å². The van der Waals surface area contributed by atoms with Crippen molar-refractivity contribution in [3.63, 3.8) is 0 Å². The Bertz CT molecular complexity index is 1160. The Balaban J connectivity index is 1.46. The lowest BCUT2D eigenvalue weighted by Gasteiger charge is -2.16. The van der Waals surface area contributed by atoms with Gasteiger partial charge in [-0.25, -0.2) is 4.98 Å². The monoisotopic (exact) mass is 413 g/mol. The van der Waals surface area contributed by atoms with Gasteiger partial charge in [-0.05, 0) is 49.1 Å². The minimum absolute atomic E-state index is 0.0447. The zero-order valence-electron chi connectivity index (χ0n) is 18.1. The van der Waals surface area contributed by atoms with Crippen LogP contribution in [0.3, 0.4) is 0 Å². The molecule has 1 unspecified atom stereocenters. The van der Waals surface area contributed by atoms with E-state index in [9.17, 15) is 4.79 Å². The fraction of sp³-hybridized carbons (Fsp3) is 0.240. The second-order valence-electron chi connectivity index (χ2n) is 7.85. The van der Waals surface area contributed by atoms with Crippen LogP contribution in [0.1, 0.15) is 35.5 Å². The molecule has 0 fully saturated rings. The number of imidazole rings is 1. The fourth-order valence-electron chi connectivity index (χ4n) is 3.82. The highest BCUT2D eigenvalue weighted by molar-refractivity contribution is 5.80. The molecule has 0 aliphatic rings. The Morgan fingerprint density at radius 1 is 1.10 bits per heavy atom. The van der Waals surface area contributed by atoms with Gasteiger partial charge in [0.2, 0.25) is 5.91 Å². The molecule has 31 heavy (non-hydrogen) atoms. The predicted molar refractivity (Wildman–Crippen MR) is 121 cm³/mol. The molecule has 158 valence electrons. The number of nitrogens with zero attached hydrogens (tertiary/aromatic N) is 4. The summed E-state index contributed by atoms with van der Waals surface area (Å²) >= 11 is 0. The SMILES string of the molecule is Cc1cc(C)n(C(C)C(=O)NCc2ccccc2-c2ccc(Cn3ccnc3)cc2)n1. The predicted octanol–water partition coefficient (Wildman–Crippen LogP) is 4.29. The summed E-state index contributed by atoms with van der Waals surface area (Å²) < 4.78 is 3.82. The Hall–Kier alpha value is -3.67. The molecule has 0 aliphatic carbocycles. The molecule has 4 aromatic rings. The molecule has 0 spiro atoms. The highest BCUT2D eigenvalue weighted by Gasteiger charge is 2.18. The average molecular weight is 414 g/mol. The van der Waals surface area contributed by atoms with E-state index in [1.807, 2.05) is 56.1 Å². The topological polar surface area (TPSA) is 64.7 Å². The highest BCUT2D eigenvalue weighted by Crippen LogP contribution is 2.24. The van der Waals surface area contributed by atoms with E-state index in [0.29, 0.717) is 6.54 Å². The average Bonchev–Trinajstić information content (AvgIpc) is 3.41. The number of carbonyl (C=O) groups excluding carboxylic acids is 1. The molecule has 2 aromatic heterocycles. The van der Waals surface area contributed by atoms with Gasteiger partial charge in [0.25, 0.3) is 0 Å². The van der Waals surface area contributed by atoms with Crippen molar-refractivity contribution in [3.05, 3.63) is 95.8 Å². The van der Waals surface area contributed by atoms with Crippen molar-refractivity contribution in [1.82, 2.24) is 24.6 Å². The largest absolute Gasteiger partial charge is 0.350 e.